The average molecular weight is 400 g/mol. The van der Waals surface area contributed by atoms with Crippen LogP contribution in [-0.4, -0.2) is 25.3 Å². The van der Waals surface area contributed by atoms with E-state index >= 15 is 0 Å². The monoisotopic (exact) mass is 399 g/mol. The molecule has 2 N–H and O–H groups in total. The zero-order valence-corrected chi connectivity index (χ0v) is 17.2. The lowest BCUT2D eigenvalue weighted by Gasteiger charge is -2.11. The summed E-state index contributed by atoms with van der Waals surface area (Å²) in [4.78, 5) is 25.6. The van der Waals surface area contributed by atoms with E-state index in [1.54, 1.807) is 6.21 Å². The van der Waals surface area contributed by atoms with Crippen LogP contribution < -0.4 is 10.7 Å². The van der Waals surface area contributed by atoms with Crippen molar-refractivity contribution in [2.45, 2.75) is 45.4 Å². The minimum absolute atomic E-state index is 0.413. The molecule has 1 aromatic heterocycles. The van der Waals surface area contributed by atoms with Crippen LogP contribution in [0.5, 0.6) is 0 Å². The van der Waals surface area contributed by atoms with E-state index in [4.69, 9.17) is 4.74 Å². The van der Waals surface area contributed by atoms with E-state index in [2.05, 4.69) is 29.7 Å². The van der Waals surface area contributed by atoms with Gasteiger partial charge in [0.25, 0.3) is 0 Å². The highest BCUT2D eigenvalue weighted by Crippen LogP contribution is 2.38. The fraction of sp³-hybridized carbons (Fsp3) is 0.381. The fourth-order valence-electron chi connectivity index (χ4n) is 3.24. The number of benzene rings is 1. The number of methoxy groups -OCH3 is 1. The van der Waals surface area contributed by atoms with Gasteiger partial charge in [0, 0.05) is 4.88 Å². The highest BCUT2D eigenvalue weighted by Gasteiger charge is 2.26. The van der Waals surface area contributed by atoms with Crippen LogP contribution >= 0.6 is 11.3 Å². The van der Waals surface area contributed by atoms with Crippen molar-refractivity contribution in [1.82, 2.24) is 5.43 Å². The molecule has 1 aromatic carbocycles. The minimum atomic E-state index is -0.487. The van der Waals surface area contributed by atoms with Crippen LogP contribution in [0.3, 0.4) is 0 Å². The van der Waals surface area contributed by atoms with Crippen molar-refractivity contribution in [1.29, 1.82) is 0 Å². The molecule has 1 aliphatic rings. The van der Waals surface area contributed by atoms with Crippen LogP contribution in [0.1, 0.15) is 64.5 Å². The number of hydrazone groups is 1. The summed E-state index contributed by atoms with van der Waals surface area (Å²) >= 11 is 1.44. The lowest BCUT2D eigenvalue weighted by molar-refractivity contribution is 0.0601. The molecule has 0 spiro atoms. The molecule has 0 radical (unpaired) electrons. The molecular formula is C21H25N3O3S. The third kappa shape index (κ3) is 4.59. The van der Waals surface area contributed by atoms with Crippen molar-refractivity contribution in [2.75, 3.05) is 12.4 Å². The number of nitrogens with zero attached hydrogens (tertiary/aromatic N) is 1. The third-order valence-electron chi connectivity index (χ3n) is 4.77. The van der Waals surface area contributed by atoms with Crippen molar-refractivity contribution in [3.05, 3.63) is 51.4 Å². The van der Waals surface area contributed by atoms with E-state index in [1.807, 2.05) is 24.3 Å². The van der Waals surface area contributed by atoms with Gasteiger partial charge in [-0.15, -0.1) is 11.3 Å². The molecule has 7 heteroatoms. The summed E-state index contributed by atoms with van der Waals surface area (Å²) in [5, 5.41) is 7.26. The number of nitrogens with one attached hydrogen (secondary N) is 2. The first-order valence-corrected chi connectivity index (χ1v) is 10.2. The quantitative estimate of drug-likeness (QED) is 0.435. The predicted molar refractivity (Wildman–Crippen MR) is 113 cm³/mol. The van der Waals surface area contributed by atoms with Crippen LogP contribution in [0.15, 0.2) is 29.4 Å². The van der Waals surface area contributed by atoms with Crippen molar-refractivity contribution >= 4 is 34.6 Å². The molecule has 0 atom stereocenters. The Balaban J connectivity index is 1.66. The highest BCUT2D eigenvalue weighted by atomic mass is 32.1. The first-order chi connectivity index (χ1) is 13.5. The number of esters is 1. The molecule has 0 bridgehead atoms. The van der Waals surface area contributed by atoms with E-state index in [-0.39, 0.29) is 0 Å². The number of hydrogen-bond donors (Lipinski definition) is 2. The second-order valence-electron chi connectivity index (χ2n) is 7.05. The Morgan fingerprint density at radius 3 is 2.57 bits per heavy atom. The van der Waals surface area contributed by atoms with E-state index in [0.29, 0.717) is 16.5 Å². The number of urea groups is 1. The second-order valence-corrected chi connectivity index (χ2v) is 8.16. The number of anilines is 1. The Morgan fingerprint density at radius 2 is 1.89 bits per heavy atom. The molecular weight excluding hydrogens is 374 g/mol. The molecule has 3 rings (SSSR count). The molecule has 0 saturated heterocycles. The van der Waals surface area contributed by atoms with Crippen LogP contribution in [0.2, 0.25) is 0 Å². The van der Waals surface area contributed by atoms with E-state index < -0.39 is 12.0 Å². The van der Waals surface area contributed by atoms with Crippen molar-refractivity contribution in [3.63, 3.8) is 0 Å². The first kappa shape index (κ1) is 20.1. The smallest absolute Gasteiger partial charge is 0.341 e. The zero-order chi connectivity index (χ0) is 20.1. The molecule has 1 heterocycles. The number of carbonyl (C=O) groups excluding carboxylic acids is 2. The summed E-state index contributed by atoms with van der Waals surface area (Å²) in [5.74, 6) is 0.0546. The van der Waals surface area contributed by atoms with Gasteiger partial charge in [0.1, 0.15) is 5.00 Å². The summed E-state index contributed by atoms with van der Waals surface area (Å²) in [6.07, 6.45) is 5.49. The number of thiophene rings is 1. The molecule has 2 amide bonds. The average Bonchev–Trinajstić information content (AvgIpc) is 3.05. The SMILES string of the molecule is COC(=O)c1c(NC(=O)NN=Cc2ccc(C(C)C)cc2)sc2c1CCCC2. The van der Waals surface area contributed by atoms with Gasteiger partial charge < -0.3 is 4.74 Å². The van der Waals surface area contributed by atoms with Gasteiger partial charge in [-0.25, -0.2) is 15.0 Å². The largest absolute Gasteiger partial charge is 0.465 e. The summed E-state index contributed by atoms with van der Waals surface area (Å²) in [6.45, 7) is 4.28. The summed E-state index contributed by atoms with van der Waals surface area (Å²) in [7, 11) is 1.36. The fourth-order valence-corrected chi connectivity index (χ4v) is 4.51. The maximum atomic E-state index is 12.2. The number of fused-ring (bicyclic) bond motifs is 1. The van der Waals surface area contributed by atoms with Crippen LogP contribution in [0.4, 0.5) is 9.80 Å². The van der Waals surface area contributed by atoms with Gasteiger partial charge in [0.15, 0.2) is 0 Å². The van der Waals surface area contributed by atoms with Crippen LogP contribution in [0.25, 0.3) is 0 Å². The molecule has 0 aliphatic heterocycles. The van der Waals surface area contributed by atoms with Crippen molar-refractivity contribution < 1.29 is 14.3 Å². The Hall–Kier alpha value is -2.67. The van der Waals surface area contributed by atoms with Crippen molar-refractivity contribution in [2.24, 2.45) is 5.10 Å². The Labute approximate surface area is 169 Å². The number of rotatable bonds is 5. The lowest BCUT2D eigenvalue weighted by Crippen LogP contribution is -2.24. The van der Waals surface area contributed by atoms with Gasteiger partial charge in [-0.3, -0.25) is 5.32 Å². The Morgan fingerprint density at radius 1 is 1.18 bits per heavy atom. The molecule has 1 aliphatic carbocycles. The van der Waals surface area contributed by atoms with E-state index in [9.17, 15) is 9.59 Å². The molecule has 6 nitrogen and oxygen atoms in total. The Bertz CT molecular complexity index is 885. The third-order valence-corrected chi connectivity index (χ3v) is 5.98. The van der Waals surface area contributed by atoms with Gasteiger partial charge in [0.05, 0.1) is 18.9 Å². The number of aryl methyl sites for hydroxylation is 1. The molecule has 0 unspecified atom stereocenters. The summed E-state index contributed by atoms with van der Waals surface area (Å²) < 4.78 is 4.91. The number of amides is 2. The first-order valence-electron chi connectivity index (χ1n) is 9.42. The molecule has 148 valence electrons. The normalized spacial score (nSPS) is 13.4. The highest BCUT2D eigenvalue weighted by molar-refractivity contribution is 7.17. The molecule has 28 heavy (non-hydrogen) atoms. The van der Waals surface area contributed by atoms with Gasteiger partial charge in [-0.2, -0.15) is 5.10 Å². The second kappa shape index (κ2) is 9.01. The van der Waals surface area contributed by atoms with Crippen LogP contribution in [-0.2, 0) is 17.6 Å². The number of ether oxygens (including phenoxy) is 1. The van der Waals surface area contributed by atoms with Gasteiger partial charge in [-0.1, -0.05) is 38.1 Å². The minimum Gasteiger partial charge on any atom is -0.465 e. The predicted octanol–water partition coefficient (Wildman–Crippen LogP) is 4.69. The standard InChI is InChI=1S/C21H25N3O3S/c1-13(2)15-10-8-14(9-11-15)12-22-24-21(26)23-19-18(20(25)27-3)16-6-4-5-7-17(16)28-19/h8-13H,4-7H2,1-3H3,(H2,23,24,26). The number of carbonyl (C=O) groups is 2. The molecule has 0 fully saturated rings. The summed E-state index contributed by atoms with van der Waals surface area (Å²) in [5.41, 5.74) is 6.08. The van der Waals surface area contributed by atoms with Crippen LogP contribution in [0, 0.1) is 0 Å². The van der Waals surface area contributed by atoms with Gasteiger partial charge >= 0.3 is 12.0 Å². The summed E-state index contributed by atoms with van der Waals surface area (Å²) in [6, 6.07) is 7.52. The molecule has 2 aromatic rings. The zero-order valence-electron chi connectivity index (χ0n) is 16.4. The Kier molecular flexibility index (Phi) is 6.46. The molecule has 0 saturated carbocycles. The van der Waals surface area contributed by atoms with Gasteiger partial charge in [0.2, 0.25) is 0 Å². The van der Waals surface area contributed by atoms with E-state index in [0.717, 1.165) is 41.7 Å². The van der Waals surface area contributed by atoms with Crippen molar-refractivity contribution in [3.8, 4) is 0 Å². The van der Waals surface area contributed by atoms with E-state index in [1.165, 1.54) is 24.0 Å². The van der Waals surface area contributed by atoms with Gasteiger partial charge in [-0.05, 0) is 48.3 Å². The topological polar surface area (TPSA) is 79.8 Å². The maximum Gasteiger partial charge on any atom is 0.341 e. The number of hydrogen-bond acceptors (Lipinski definition) is 5. The maximum absolute atomic E-state index is 12.2. The lowest BCUT2D eigenvalue weighted by atomic mass is 9.95.